The SMILES string of the molecule is OC1CCN(CCCCCN2c3cc(Cl)ccc3Sc3cccnc32)CC1. The van der Waals surface area contributed by atoms with Crippen molar-refractivity contribution in [2.75, 3.05) is 31.1 Å². The minimum absolute atomic E-state index is 0.0855. The summed E-state index contributed by atoms with van der Waals surface area (Å²) >= 11 is 8.04. The number of pyridine rings is 1. The van der Waals surface area contributed by atoms with Crippen molar-refractivity contribution in [3.63, 3.8) is 0 Å². The summed E-state index contributed by atoms with van der Waals surface area (Å²) in [5, 5.41) is 10.4. The third-order valence-corrected chi connectivity index (χ3v) is 6.69. The van der Waals surface area contributed by atoms with Crippen molar-refractivity contribution in [3.05, 3.63) is 41.6 Å². The van der Waals surface area contributed by atoms with Gasteiger partial charge in [-0.1, -0.05) is 29.8 Å². The molecule has 0 radical (unpaired) electrons. The molecule has 1 saturated heterocycles. The summed E-state index contributed by atoms with van der Waals surface area (Å²) in [6, 6.07) is 10.3. The zero-order valence-corrected chi connectivity index (χ0v) is 17.1. The van der Waals surface area contributed by atoms with Crippen LogP contribution in [-0.4, -0.2) is 47.3 Å². The minimum atomic E-state index is -0.0855. The van der Waals surface area contributed by atoms with Crippen LogP contribution >= 0.6 is 23.4 Å². The Hall–Kier alpha value is -1.27. The molecule has 4 nitrogen and oxygen atoms in total. The highest BCUT2D eigenvalue weighted by Crippen LogP contribution is 2.47. The first-order valence-electron chi connectivity index (χ1n) is 9.81. The van der Waals surface area contributed by atoms with Crippen LogP contribution in [0.2, 0.25) is 5.02 Å². The molecule has 144 valence electrons. The summed E-state index contributed by atoms with van der Waals surface area (Å²) in [5.74, 6) is 1.04. The molecule has 2 aliphatic heterocycles. The van der Waals surface area contributed by atoms with E-state index < -0.39 is 0 Å². The van der Waals surface area contributed by atoms with Crippen LogP contribution in [0.15, 0.2) is 46.3 Å². The maximum atomic E-state index is 9.61. The maximum absolute atomic E-state index is 9.61. The summed E-state index contributed by atoms with van der Waals surface area (Å²) in [4.78, 5) is 11.9. The monoisotopic (exact) mass is 403 g/mol. The van der Waals surface area contributed by atoms with Gasteiger partial charge in [-0.25, -0.2) is 4.98 Å². The molecule has 2 aliphatic rings. The zero-order valence-electron chi connectivity index (χ0n) is 15.5. The van der Waals surface area contributed by atoms with Gasteiger partial charge in [0.2, 0.25) is 0 Å². The van der Waals surface area contributed by atoms with Crippen molar-refractivity contribution < 1.29 is 5.11 Å². The Bertz CT molecular complexity index is 780. The number of aromatic nitrogens is 1. The van der Waals surface area contributed by atoms with Gasteiger partial charge in [0, 0.05) is 35.7 Å². The lowest BCUT2D eigenvalue weighted by Gasteiger charge is -2.32. The van der Waals surface area contributed by atoms with Gasteiger partial charge in [0.15, 0.2) is 0 Å². The lowest BCUT2D eigenvalue weighted by Crippen LogP contribution is -2.36. The predicted octanol–water partition coefficient (Wildman–Crippen LogP) is 4.96. The second kappa shape index (κ2) is 8.82. The molecule has 0 bridgehead atoms. The van der Waals surface area contributed by atoms with Gasteiger partial charge in [-0.2, -0.15) is 0 Å². The van der Waals surface area contributed by atoms with E-state index in [0.717, 1.165) is 56.3 Å². The van der Waals surface area contributed by atoms with Gasteiger partial charge in [0.1, 0.15) is 5.82 Å². The first kappa shape index (κ1) is 19.1. The number of benzene rings is 1. The summed E-state index contributed by atoms with van der Waals surface area (Å²) in [6.07, 6.45) is 7.15. The molecule has 1 aromatic carbocycles. The van der Waals surface area contributed by atoms with Gasteiger partial charge in [-0.3, -0.25) is 0 Å². The van der Waals surface area contributed by atoms with Crippen LogP contribution in [0.5, 0.6) is 0 Å². The van der Waals surface area contributed by atoms with Gasteiger partial charge in [-0.15, -0.1) is 0 Å². The molecular formula is C21H26ClN3OS. The lowest BCUT2D eigenvalue weighted by atomic mass is 10.1. The van der Waals surface area contributed by atoms with Crippen molar-refractivity contribution in [2.24, 2.45) is 0 Å². The second-order valence-corrected chi connectivity index (χ2v) is 8.84. The fourth-order valence-corrected chi connectivity index (χ4v) is 5.05. The Kier molecular flexibility index (Phi) is 6.23. The van der Waals surface area contributed by atoms with Gasteiger partial charge < -0.3 is 14.9 Å². The van der Waals surface area contributed by atoms with E-state index in [1.165, 1.54) is 28.3 Å². The van der Waals surface area contributed by atoms with Crippen LogP contribution in [0.25, 0.3) is 0 Å². The first-order valence-corrected chi connectivity index (χ1v) is 11.0. The number of fused-ring (bicyclic) bond motifs is 2. The van der Waals surface area contributed by atoms with E-state index >= 15 is 0 Å². The van der Waals surface area contributed by atoms with Crippen LogP contribution in [0, 0.1) is 0 Å². The summed E-state index contributed by atoms with van der Waals surface area (Å²) < 4.78 is 0. The first-order chi connectivity index (χ1) is 13.2. The van der Waals surface area contributed by atoms with E-state index in [9.17, 15) is 5.11 Å². The topological polar surface area (TPSA) is 39.6 Å². The number of halogens is 1. The highest BCUT2D eigenvalue weighted by atomic mass is 35.5. The molecule has 0 unspecified atom stereocenters. The smallest absolute Gasteiger partial charge is 0.147 e. The molecule has 1 N–H and O–H groups in total. The van der Waals surface area contributed by atoms with Crippen molar-refractivity contribution in [2.45, 2.75) is 48.0 Å². The average Bonchev–Trinajstić information content (AvgIpc) is 2.69. The van der Waals surface area contributed by atoms with E-state index in [0.29, 0.717) is 0 Å². The Morgan fingerprint density at radius 3 is 2.74 bits per heavy atom. The number of hydrogen-bond donors (Lipinski definition) is 1. The molecule has 27 heavy (non-hydrogen) atoms. The molecule has 0 aliphatic carbocycles. The molecular weight excluding hydrogens is 378 g/mol. The summed E-state index contributed by atoms with van der Waals surface area (Å²) in [5.41, 5.74) is 1.17. The number of nitrogens with zero attached hydrogens (tertiary/aromatic N) is 3. The van der Waals surface area contributed by atoms with Crippen molar-refractivity contribution >= 4 is 34.9 Å². The van der Waals surface area contributed by atoms with Crippen molar-refractivity contribution in [1.29, 1.82) is 0 Å². The Morgan fingerprint density at radius 1 is 1.07 bits per heavy atom. The van der Waals surface area contributed by atoms with Gasteiger partial charge in [0.05, 0.1) is 16.7 Å². The largest absolute Gasteiger partial charge is 0.393 e. The van der Waals surface area contributed by atoms with Crippen LogP contribution in [-0.2, 0) is 0 Å². The average molecular weight is 404 g/mol. The molecule has 0 atom stereocenters. The number of aliphatic hydroxyl groups excluding tert-OH is 1. The van der Waals surface area contributed by atoms with Gasteiger partial charge in [-0.05, 0) is 62.6 Å². The van der Waals surface area contributed by atoms with E-state index in [4.69, 9.17) is 11.6 Å². The molecule has 0 amide bonds. The highest BCUT2D eigenvalue weighted by Gasteiger charge is 2.24. The van der Waals surface area contributed by atoms with Crippen LogP contribution in [0.4, 0.5) is 11.5 Å². The maximum Gasteiger partial charge on any atom is 0.147 e. The standard InChI is InChI=1S/C21H26ClN3OS/c22-16-6-7-19-18(15-16)25(21-20(27-19)5-4-10-23-21)12-3-1-2-11-24-13-8-17(26)9-14-24/h4-7,10,15,17,26H,1-3,8-9,11-14H2. The third-order valence-electron chi connectivity index (χ3n) is 5.35. The van der Waals surface area contributed by atoms with Crippen LogP contribution in [0.3, 0.4) is 0 Å². The number of aliphatic hydroxyl groups is 1. The van der Waals surface area contributed by atoms with E-state index in [-0.39, 0.29) is 6.10 Å². The molecule has 0 spiro atoms. The highest BCUT2D eigenvalue weighted by molar-refractivity contribution is 7.99. The van der Waals surface area contributed by atoms with E-state index in [2.05, 4.69) is 33.0 Å². The number of piperidine rings is 1. The number of unbranched alkanes of at least 4 members (excludes halogenated alkanes) is 2. The van der Waals surface area contributed by atoms with Gasteiger partial charge >= 0.3 is 0 Å². The molecule has 0 saturated carbocycles. The van der Waals surface area contributed by atoms with Crippen molar-refractivity contribution in [3.8, 4) is 0 Å². The number of rotatable bonds is 6. The Balaban J connectivity index is 1.35. The molecule has 1 fully saturated rings. The molecule has 6 heteroatoms. The third kappa shape index (κ3) is 4.60. The zero-order chi connectivity index (χ0) is 18.6. The van der Waals surface area contributed by atoms with Crippen molar-refractivity contribution in [1.82, 2.24) is 9.88 Å². The Labute approximate surface area is 170 Å². The fraction of sp³-hybridized carbons (Fsp3) is 0.476. The Morgan fingerprint density at radius 2 is 1.89 bits per heavy atom. The molecule has 1 aromatic heterocycles. The number of hydrogen-bond acceptors (Lipinski definition) is 5. The van der Waals surface area contributed by atoms with Crippen LogP contribution < -0.4 is 4.90 Å². The van der Waals surface area contributed by atoms with E-state index in [1.807, 2.05) is 18.3 Å². The quantitative estimate of drug-likeness (QED) is 0.690. The molecule has 4 rings (SSSR count). The summed E-state index contributed by atoms with van der Waals surface area (Å²) in [7, 11) is 0. The molecule has 2 aromatic rings. The predicted molar refractivity (Wildman–Crippen MR) is 112 cm³/mol. The second-order valence-electron chi connectivity index (χ2n) is 7.32. The number of likely N-dealkylation sites (tertiary alicyclic amines) is 1. The van der Waals surface area contributed by atoms with Gasteiger partial charge in [0.25, 0.3) is 0 Å². The molecule has 3 heterocycles. The van der Waals surface area contributed by atoms with E-state index in [1.54, 1.807) is 11.8 Å². The minimum Gasteiger partial charge on any atom is -0.393 e. The fourth-order valence-electron chi connectivity index (χ4n) is 3.84. The number of anilines is 2. The lowest BCUT2D eigenvalue weighted by molar-refractivity contribution is 0.0818. The normalized spacial score (nSPS) is 17.6. The summed E-state index contributed by atoms with van der Waals surface area (Å²) in [6.45, 7) is 4.16. The van der Waals surface area contributed by atoms with Crippen LogP contribution in [0.1, 0.15) is 32.1 Å².